The van der Waals surface area contributed by atoms with Gasteiger partial charge in [-0.3, -0.25) is 14.9 Å². The Morgan fingerprint density at radius 2 is 2.25 bits per heavy atom. The summed E-state index contributed by atoms with van der Waals surface area (Å²) in [5.74, 6) is -0.0612. The van der Waals surface area contributed by atoms with Crippen LogP contribution in [0.3, 0.4) is 0 Å². The average Bonchev–Trinajstić information content (AvgIpc) is 2.83. The number of nitro groups is 1. The van der Waals surface area contributed by atoms with Gasteiger partial charge in [-0.1, -0.05) is 22.4 Å². The lowest BCUT2D eigenvalue weighted by molar-refractivity contribution is -0.384. The maximum atomic E-state index is 12.2. The first-order chi connectivity index (χ1) is 9.52. The van der Waals surface area contributed by atoms with Gasteiger partial charge in [-0.05, 0) is 18.9 Å². The van der Waals surface area contributed by atoms with E-state index < -0.39 is 4.92 Å². The van der Waals surface area contributed by atoms with Crippen LogP contribution >= 0.6 is 15.9 Å². The van der Waals surface area contributed by atoms with E-state index in [-0.39, 0.29) is 28.2 Å². The molecule has 1 fully saturated rings. The van der Waals surface area contributed by atoms with Crippen LogP contribution in [0.15, 0.2) is 18.2 Å². The van der Waals surface area contributed by atoms with Gasteiger partial charge in [-0.25, -0.2) is 0 Å². The second kappa shape index (κ2) is 6.21. The zero-order valence-electron chi connectivity index (χ0n) is 11.0. The van der Waals surface area contributed by atoms with Crippen molar-refractivity contribution in [1.82, 2.24) is 5.32 Å². The lowest BCUT2D eigenvalue weighted by Crippen LogP contribution is -2.37. The minimum absolute atomic E-state index is 0.0856. The standard InChI is InChI=1S/C13H15BrN2O4/c1-20-12-7-8(16(18)19)5-6-9(12)13(17)15-11-4-2-3-10(11)14/h5-7,10-11H,2-4H2,1H3,(H,15,17). The van der Waals surface area contributed by atoms with Crippen LogP contribution in [-0.4, -0.2) is 28.8 Å². The van der Waals surface area contributed by atoms with Crippen molar-refractivity contribution in [3.05, 3.63) is 33.9 Å². The highest BCUT2D eigenvalue weighted by Crippen LogP contribution is 2.28. The number of nitrogens with one attached hydrogen (secondary N) is 1. The first kappa shape index (κ1) is 14.8. The fourth-order valence-corrected chi connectivity index (χ4v) is 3.02. The predicted octanol–water partition coefficient (Wildman–Crippen LogP) is 2.65. The fraction of sp³-hybridized carbons (Fsp3) is 0.462. The highest BCUT2D eigenvalue weighted by molar-refractivity contribution is 9.09. The maximum absolute atomic E-state index is 12.2. The van der Waals surface area contributed by atoms with Crippen LogP contribution in [0.1, 0.15) is 29.6 Å². The molecule has 1 aromatic carbocycles. The molecule has 108 valence electrons. The second-order valence-corrected chi connectivity index (χ2v) is 5.84. The molecule has 1 aliphatic carbocycles. The largest absolute Gasteiger partial charge is 0.496 e. The summed E-state index contributed by atoms with van der Waals surface area (Å²) in [7, 11) is 1.39. The zero-order valence-corrected chi connectivity index (χ0v) is 12.6. The quantitative estimate of drug-likeness (QED) is 0.518. The van der Waals surface area contributed by atoms with Gasteiger partial charge >= 0.3 is 0 Å². The summed E-state index contributed by atoms with van der Waals surface area (Å²) in [4.78, 5) is 22.7. The van der Waals surface area contributed by atoms with Gasteiger partial charge in [0.2, 0.25) is 0 Å². The molecule has 2 atom stereocenters. The number of methoxy groups -OCH3 is 1. The number of amides is 1. The number of nitro benzene ring substituents is 1. The van der Waals surface area contributed by atoms with Crippen molar-refractivity contribution >= 4 is 27.5 Å². The average molecular weight is 343 g/mol. The third-order valence-corrected chi connectivity index (χ3v) is 4.48. The Hall–Kier alpha value is -1.63. The van der Waals surface area contributed by atoms with E-state index in [1.807, 2.05) is 0 Å². The lowest BCUT2D eigenvalue weighted by Gasteiger charge is -2.17. The Balaban J connectivity index is 2.18. The second-order valence-electron chi connectivity index (χ2n) is 4.67. The van der Waals surface area contributed by atoms with Crippen LogP contribution in [0.5, 0.6) is 5.75 Å². The topological polar surface area (TPSA) is 81.5 Å². The molecular weight excluding hydrogens is 328 g/mol. The molecule has 6 nitrogen and oxygen atoms in total. The molecule has 0 heterocycles. The summed E-state index contributed by atoms with van der Waals surface area (Å²) < 4.78 is 5.07. The molecule has 1 N–H and O–H groups in total. The number of halogens is 1. The van der Waals surface area contributed by atoms with E-state index in [1.54, 1.807) is 0 Å². The van der Waals surface area contributed by atoms with Gasteiger partial charge in [0.1, 0.15) is 5.75 Å². The van der Waals surface area contributed by atoms with Crippen LogP contribution in [0.25, 0.3) is 0 Å². The molecule has 0 radical (unpaired) electrons. The number of alkyl halides is 1. The van der Waals surface area contributed by atoms with Gasteiger partial charge in [0, 0.05) is 16.9 Å². The SMILES string of the molecule is COc1cc([N+](=O)[O-])ccc1C(=O)NC1CCCC1Br. The molecule has 1 aliphatic rings. The van der Waals surface area contributed by atoms with Gasteiger partial charge in [0.25, 0.3) is 11.6 Å². The zero-order chi connectivity index (χ0) is 14.7. The molecule has 0 spiro atoms. The predicted molar refractivity (Wildman–Crippen MR) is 77.5 cm³/mol. The van der Waals surface area contributed by atoms with Crippen LogP contribution in [-0.2, 0) is 0 Å². The van der Waals surface area contributed by atoms with Crippen LogP contribution in [0.4, 0.5) is 5.69 Å². The Morgan fingerprint density at radius 1 is 1.50 bits per heavy atom. The van der Waals surface area contributed by atoms with Crippen molar-refractivity contribution in [3.8, 4) is 5.75 Å². The normalized spacial score (nSPS) is 21.5. The molecule has 0 aliphatic heterocycles. The van der Waals surface area contributed by atoms with Gasteiger partial charge in [0.05, 0.1) is 23.7 Å². The van der Waals surface area contributed by atoms with Crippen LogP contribution in [0, 0.1) is 10.1 Å². The molecule has 1 saturated carbocycles. The Bertz CT molecular complexity index is 535. The first-order valence-electron chi connectivity index (χ1n) is 6.30. The highest BCUT2D eigenvalue weighted by atomic mass is 79.9. The number of carbonyl (C=O) groups is 1. The van der Waals surface area contributed by atoms with Crippen molar-refractivity contribution in [1.29, 1.82) is 0 Å². The van der Waals surface area contributed by atoms with Crippen molar-refractivity contribution in [2.75, 3.05) is 7.11 Å². The summed E-state index contributed by atoms with van der Waals surface area (Å²) >= 11 is 3.54. The third kappa shape index (κ3) is 3.09. The fourth-order valence-electron chi connectivity index (χ4n) is 2.30. The maximum Gasteiger partial charge on any atom is 0.273 e. The summed E-state index contributed by atoms with van der Waals surface area (Å²) in [6.45, 7) is 0. The Morgan fingerprint density at radius 3 is 2.80 bits per heavy atom. The first-order valence-corrected chi connectivity index (χ1v) is 7.22. The third-order valence-electron chi connectivity index (χ3n) is 3.39. The molecular formula is C13H15BrN2O4. The molecule has 2 rings (SSSR count). The number of benzene rings is 1. The molecule has 0 bridgehead atoms. The van der Waals surface area contributed by atoms with Gasteiger partial charge < -0.3 is 10.1 Å². The van der Waals surface area contributed by atoms with E-state index in [0.717, 1.165) is 19.3 Å². The smallest absolute Gasteiger partial charge is 0.273 e. The molecule has 0 saturated heterocycles. The molecule has 0 aromatic heterocycles. The van der Waals surface area contributed by atoms with Crippen molar-refractivity contribution in [2.24, 2.45) is 0 Å². The summed E-state index contributed by atoms with van der Waals surface area (Å²) in [6.07, 6.45) is 3.03. The van der Waals surface area contributed by atoms with E-state index in [0.29, 0.717) is 5.56 Å². The van der Waals surface area contributed by atoms with E-state index in [4.69, 9.17) is 4.74 Å². The number of carbonyl (C=O) groups excluding carboxylic acids is 1. The number of ether oxygens (including phenoxy) is 1. The molecule has 1 aromatic rings. The number of hydrogen-bond donors (Lipinski definition) is 1. The van der Waals surface area contributed by atoms with Crippen LogP contribution in [0.2, 0.25) is 0 Å². The van der Waals surface area contributed by atoms with Crippen LogP contribution < -0.4 is 10.1 Å². The molecule has 7 heteroatoms. The van der Waals surface area contributed by atoms with E-state index in [1.165, 1.54) is 25.3 Å². The number of rotatable bonds is 4. The monoisotopic (exact) mass is 342 g/mol. The number of hydrogen-bond acceptors (Lipinski definition) is 4. The molecule has 2 unspecified atom stereocenters. The van der Waals surface area contributed by atoms with Gasteiger partial charge in [-0.2, -0.15) is 0 Å². The molecule has 20 heavy (non-hydrogen) atoms. The van der Waals surface area contributed by atoms with E-state index in [9.17, 15) is 14.9 Å². The lowest BCUT2D eigenvalue weighted by atomic mass is 10.1. The minimum Gasteiger partial charge on any atom is -0.496 e. The Kier molecular flexibility index (Phi) is 4.59. The van der Waals surface area contributed by atoms with Gasteiger partial charge in [0.15, 0.2) is 0 Å². The van der Waals surface area contributed by atoms with Crippen molar-refractivity contribution < 1.29 is 14.5 Å². The van der Waals surface area contributed by atoms with E-state index in [2.05, 4.69) is 21.2 Å². The minimum atomic E-state index is -0.518. The van der Waals surface area contributed by atoms with Crippen molar-refractivity contribution in [2.45, 2.75) is 30.1 Å². The van der Waals surface area contributed by atoms with Gasteiger partial charge in [-0.15, -0.1) is 0 Å². The molecule has 1 amide bonds. The van der Waals surface area contributed by atoms with Crippen molar-refractivity contribution in [3.63, 3.8) is 0 Å². The summed E-state index contributed by atoms with van der Waals surface area (Å²) in [6, 6.07) is 4.07. The summed E-state index contributed by atoms with van der Waals surface area (Å²) in [5, 5.41) is 13.6. The Labute approximate surface area is 124 Å². The number of nitrogens with zero attached hydrogens (tertiary/aromatic N) is 1. The highest BCUT2D eigenvalue weighted by Gasteiger charge is 2.27. The van der Waals surface area contributed by atoms with E-state index >= 15 is 0 Å². The summed E-state index contributed by atoms with van der Waals surface area (Å²) in [5.41, 5.74) is 0.210. The number of non-ortho nitro benzene ring substituents is 1.